The number of hydrogen-bond acceptors (Lipinski definition) is 17. The van der Waals surface area contributed by atoms with E-state index in [9.17, 15) is 66.4 Å². The van der Waals surface area contributed by atoms with Crippen LogP contribution in [-0.4, -0.2) is 89.8 Å². The first-order chi connectivity index (χ1) is 30.0. The van der Waals surface area contributed by atoms with Crippen LogP contribution >= 0.6 is 0 Å². The highest BCUT2D eigenvalue weighted by Gasteiger charge is 2.61. The standard InChI is InChI=1S/C45H36O18/c46-18-10-27(54)33-31(11-18)62-45(17-3-6-22(49)26(53)9-17)44(59)38(33)36-32(63-45)14-29(56)35-37(39(58)41(61-43(35)36)16-2-5-21(48)25(52)8-16)34-28(55)13-23(50)19-12-30(57)40(60-42(19)34)15-1-4-20(47)24(51)7-15/h1-11,13-14,30,37-41,44,46-59H,12H2/p+1/t30-,37?,38+,39+,40+,41?,44+,45-/m0/s1. The Morgan fingerprint density at radius 1 is 0.492 bits per heavy atom. The Hall–Kier alpha value is -7.80. The molecule has 0 aromatic heterocycles. The van der Waals surface area contributed by atoms with E-state index in [1.807, 2.05) is 0 Å². The Balaban J connectivity index is 1.25. The monoisotopic (exact) mass is 865 g/mol. The van der Waals surface area contributed by atoms with E-state index >= 15 is 0 Å². The second-order valence-electron chi connectivity index (χ2n) is 15.9. The summed E-state index contributed by atoms with van der Waals surface area (Å²) in [5.74, 6) is -12.1. The number of rotatable bonds is 4. The van der Waals surface area contributed by atoms with Crippen molar-refractivity contribution in [3.05, 3.63) is 123 Å². The van der Waals surface area contributed by atoms with Crippen LogP contribution in [-0.2, 0) is 12.2 Å². The molecule has 0 saturated heterocycles. The van der Waals surface area contributed by atoms with Crippen LogP contribution in [0.25, 0.3) is 0 Å². The molecule has 324 valence electrons. The van der Waals surface area contributed by atoms with Crippen LogP contribution < -0.4 is 18.9 Å². The van der Waals surface area contributed by atoms with E-state index in [4.69, 9.17) is 24.1 Å². The lowest BCUT2D eigenvalue weighted by Gasteiger charge is -2.51. The Morgan fingerprint density at radius 3 is 1.76 bits per heavy atom. The van der Waals surface area contributed by atoms with Gasteiger partial charge in [-0.2, -0.15) is 0 Å². The molecule has 6 aromatic carbocycles. The minimum absolute atomic E-state index is 0.0169. The Morgan fingerprint density at radius 2 is 1.08 bits per heavy atom. The van der Waals surface area contributed by atoms with Crippen LogP contribution in [0.1, 0.15) is 68.6 Å². The predicted octanol–water partition coefficient (Wildman–Crippen LogP) is 3.97. The Kier molecular flexibility index (Phi) is 8.49. The molecule has 2 unspecified atom stereocenters. The molecule has 0 spiro atoms. The molecule has 0 fully saturated rings. The van der Waals surface area contributed by atoms with E-state index in [0.29, 0.717) is 0 Å². The average Bonchev–Trinajstić information content (AvgIpc) is 3.22. The quantitative estimate of drug-likeness (QED) is 0.0880. The third-order valence-electron chi connectivity index (χ3n) is 12.2. The van der Waals surface area contributed by atoms with Crippen LogP contribution in [0.2, 0.25) is 0 Å². The summed E-state index contributed by atoms with van der Waals surface area (Å²) in [4.78, 5) is 0. The minimum Gasteiger partial charge on any atom is -0.591 e. The fraction of sp³-hybridized carbons (Fsp3) is 0.200. The lowest BCUT2D eigenvalue weighted by Crippen LogP contribution is -2.57. The van der Waals surface area contributed by atoms with Crippen molar-refractivity contribution >= 4 is 0 Å². The van der Waals surface area contributed by atoms with Gasteiger partial charge < -0.3 is 90.4 Å². The highest BCUT2D eigenvalue weighted by Crippen LogP contribution is 2.65. The lowest BCUT2D eigenvalue weighted by molar-refractivity contribution is -0.219. The molecule has 4 aliphatic heterocycles. The first-order valence-corrected chi connectivity index (χ1v) is 19.3. The maximum atomic E-state index is 12.5. The molecule has 0 radical (unpaired) electrons. The Labute approximate surface area is 354 Å². The molecule has 18 nitrogen and oxygen atoms in total. The summed E-state index contributed by atoms with van der Waals surface area (Å²) in [6, 6.07) is 15.1. The summed E-state index contributed by atoms with van der Waals surface area (Å²) in [5, 5.41) is 153. The van der Waals surface area contributed by atoms with Gasteiger partial charge in [0.2, 0.25) is 5.75 Å². The van der Waals surface area contributed by atoms with Gasteiger partial charge in [0.25, 0.3) is 5.75 Å². The number of fused-ring (bicyclic) bond motifs is 9. The van der Waals surface area contributed by atoms with Crippen molar-refractivity contribution in [2.45, 2.75) is 54.6 Å². The fourth-order valence-corrected chi connectivity index (χ4v) is 9.34. The van der Waals surface area contributed by atoms with E-state index in [2.05, 4.69) is 0 Å². The number of ether oxygens (including phenoxy) is 4. The van der Waals surface area contributed by atoms with Gasteiger partial charge in [-0.25, -0.2) is 0 Å². The van der Waals surface area contributed by atoms with E-state index in [1.54, 1.807) is 0 Å². The van der Waals surface area contributed by atoms with Gasteiger partial charge in [-0.05, 0) is 42.0 Å². The molecule has 0 aliphatic carbocycles. The number of hydrogen-bond donors (Lipinski definition) is 13. The molecule has 10 rings (SSSR count). The second-order valence-corrected chi connectivity index (χ2v) is 15.9. The smallest absolute Gasteiger partial charge is 0.305 e. The van der Waals surface area contributed by atoms with Crippen LogP contribution in [0.4, 0.5) is 0 Å². The number of aromatic hydroxyl groups is 10. The third kappa shape index (κ3) is 5.68. The largest absolute Gasteiger partial charge is 0.591 e. The van der Waals surface area contributed by atoms with Gasteiger partial charge in [0, 0.05) is 75.7 Å². The van der Waals surface area contributed by atoms with Crippen LogP contribution in [0.5, 0.6) is 86.2 Å². The average molecular weight is 866 g/mol. The van der Waals surface area contributed by atoms with E-state index in [0.717, 1.165) is 48.5 Å². The van der Waals surface area contributed by atoms with Gasteiger partial charge in [-0.1, -0.05) is 12.1 Å². The molecule has 4 heterocycles. The summed E-state index contributed by atoms with van der Waals surface area (Å²) in [6.07, 6.45) is -8.18. The topological polar surface area (TPSA) is 323 Å². The summed E-state index contributed by atoms with van der Waals surface area (Å²) in [6.45, 7) is 0. The van der Waals surface area contributed by atoms with Crippen molar-refractivity contribution < 1.29 is 90.4 Å². The van der Waals surface area contributed by atoms with Gasteiger partial charge in [-0.15, -0.1) is 0 Å². The summed E-state index contributed by atoms with van der Waals surface area (Å²) >= 11 is 0. The number of aliphatic hydroxyl groups excluding tert-OH is 3. The molecule has 15 N–H and O–H groups in total. The molecule has 0 amide bonds. The molecule has 63 heavy (non-hydrogen) atoms. The minimum atomic E-state index is -2.31. The molecular weight excluding hydrogens is 828 g/mol. The van der Waals surface area contributed by atoms with Gasteiger partial charge in [0.05, 0.1) is 17.9 Å². The van der Waals surface area contributed by atoms with Crippen molar-refractivity contribution in [2.24, 2.45) is 0 Å². The normalized spacial score (nSPS) is 25.2. The van der Waals surface area contributed by atoms with Gasteiger partial charge in [-0.3, -0.25) is 0 Å². The molecule has 2 bridgehead atoms. The van der Waals surface area contributed by atoms with E-state index < -0.39 is 99.9 Å². The summed E-state index contributed by atoms with van der Waals surface area (Å²) < 4.78 is 25.7. The van der Waals surface area contributed by atoms with Crippen LogP contribution in [0.3, 0.4) is 0 Å². The molecule has 0 saturated carbocycles. The van der Waals surface area contributed by atoms with Crippen LogP contribution in [0, 0.1) is 0 Å². The fourth-order valence-electron chi connectivity index (χ4n) is 9.34. The summed E-state index contributed by atoms with van der Waals surface area (Å²) in [7, 11) is 0. The third-order valence-corrected chi connectivity index (χ3v) is 12.2. The maximum absolute atomic E-state index is 12.5. The van der Waals surface area contributed by atoms with Crippen LogP contribution in [0.15, 0.2) is 78.9 Å². The zero-order valence-corrected chi connectivity index (χ0v) is 32.2. The lowest BCUT2D eigenvalue weighted by atomic mass is 9.71. The number of benzene rings is 6. The van der Waals surface area contributed by atoms with Crippen molar-refractivity contribution in [2.75, 3.05) is 0 Å². The molecule has 8 atom stereocenters. The zero-order chi connectivity index (χ0) is 44.5. The molecular formula is C45H37O18+. The van der Waals surface area contributed by atoms with Crippen molar-refractivity contribution in [1.82, 2.24) is 0 Å². The number of aliphatic hydroxyl groups is 3. The van der Waals surface area contributed by atoms with E-state index in [1.165, 1.54) is 30.3 Å². The van der Waals surface area contributed by atoms with E-state index in [-0.39, 0.29) is 85.4 Å². The van der Waals surface area contributed by atoms with Crippen molar-refractivity contribution in [3.8, 4) is 86.2 Å². The molecule has 6 aromatic rings. The van der Waals surface area contributed by atoms with Gasteiger partial charge >= 0.3 is 5.79 Å². The highest BCUT2D eigenvalue weighted by atomic mass is 16.7. The highest BCUT2D eigenvalue weighted by molar-refractivity contribution is 5.72. The SMILES string of the molecule is Oc1cc(O)c2c(c1)O[C@@]1(c3ccc(O)c(O)c3)Oc3cc(O)c4c(c3[C@@H]2[C@H]1O)OC(c1ccc(O)c(O)c1)[C@H](O)C4c1c(O)cc(O)c2c1O[C@H](c1ccc(O)c([OH2+])c1)[C@@H](O)C2. The number of phenolic OH excluding ortho intramolecular Hbond substituents is 10. The van der Waals surface area contributed by atoms with Crippen molar-refractivity contribution in [1.29, 1.82) is 0 Å². The predicted molar refractivity (Wildman–Crippen MR) is 213 cm³/mol. The maximum Gasteiger partial charge on any atom is 0.305 e. The first kappa shape index (κ1) is 39.3. The van der Waals surface area contributed by atoms with Crippen molar-refractivity contribution in [3.63, 3.8) is 0 Å². The first-order valence-electron chi connectivity index (χ1n) is 19.3. The van der Waals surface area contributed by atoms with Gasteiger partial charge in [0.15, 0.2) is 35.2 Å². The molecule has 18 heteroatoms. The number of phenols is 10. The molecule has 4 aliphatic rings. The van der Waals surface area contributed by atoms with Gasteiger partial charge in [0.1, 0.15) is 64.0 Å². The Bertz CT molecular complexity index is 2910. The second kappa shape index (κ2) is 13.6. The summed E-state index contributed by atoms with van der Waals surface area (Å²) in [5.41, 5.74) is -0.457. The zero-order valence-electron chi connectivity index (χ0n) is 32.2.